The monoisotopic (exact) mass is 343 g/mol. The molecular formula is C21H17N3O2. The molecule has 2 heterocycles. The average Bonchev–Trinajstić information content (AvgIpc) is 2.92. The maximum atomic E-state index is 13.5. The quantitative estimate of drug-likeness (QED) is 0.749. The molecule has 2 aliphatic heterocycles. The van der Waals surface area contributed by atoms with E-state index in [1.807, 2.05) is 78.9 Å². The van der Waals surface area contributed by atoms with Crippen molar-refractivity contribution >= 4 is 17.3 Å². The number of hydrogen-bond acceptors (Lipinski definition) is 4. The maximum Gasteiger partial charge on any atom is 0.294 e. The van der Waals surface area contributed by atoms with E-state index < -0.39 is 5.72 Å². The summed E-state index contributed by atoms with van der Waals surface area (Å²) in [5.41, 5.74) is 8.51. The summed E-state index contributed by atoms with van der Waals surface area (Å²) in [6.45, 7) is 0.491. The van der Waals surface area contributed by atoms with Crippen molar-refractivity contribution in [3.05, 3.63) is 90.0 Å². The number of hydrogen-bond donors (Lipinski definition) is 2. The van der Waals surface area contributed by atoms with Gasteiger partial charge in [-0.25, -0.2) is 0 Å². The fourth-order valence-electron chi connectivity index (χ4n) is 3.57. The van der Waals surface area contributed by atoms with E-state index >= 15 is 0 Å². The topological polar surface area (TPSA) is 53.6 Å². The molecule has 0 fully saturated rings. The molecule has 0 unspecified atom stereocenters. The van der Waals surface area contributed by atoms with E-state index in [1.54, 1.807) is 4.90 Å². The van der Waals surface area contributed by atoms with Crippen LogP contribution in [0.2, 0.25) is 0 Å². The van der Waals surface area contributed by atoms with Crippen LogP contribution in [0, 0.1) is 0 Å². The van der Waals surface area contributed by atoms with Crippen LogP contribution in [-0.2, 0) is 17.1 Å². The zero-order valence-corrected chi connectivity index (χ0v) is 14.0. The van der Waals surface area contributed by atoms with Crippen molar-refractivity contribution in [1.82, 2.24) is 5.43 Å². The van der Waals surface area contributed by atoms with Crippen LogP contribution in [0.4, 0.5) is 11.4 Å². The van der Waals surface area contributed by atoms with Crippen molar-refractivity contribution in [2.24, 2.45) is 0 Å². The number of para-hydroxylation sites is 3. The minimum absolute atomic E-state index is 0.135. The number of rotatable bonds is 2. The van der Waals surface area contributed by atoms with Gasteiger partial charge >= 0.3 is 0 Å². The van der Waals surface area contributed by atoms with Crippen LogP contribution in [0.3, 0.4) is 0 Å². The first kappa shape index (κ1) is 15.0. The summed E-state index contributed by atoms with van der Waals surface area (Å²) in [4.78, 5) is 15.2. The Bertz CT molecular complexity index is 989. The van der Waals surface area contributed by atoms with E-state index in [4.69, 9.17) is 4.74 Å². The Labute approximate surface area is 151 Å². The first-order valence-electron chi connectivity index (χ1n) is 8.54. The number of hydrazine groups is 1. The van der Waals surface area contributed by atoms with Gasteiger partial charge in [-0.15, -0.1) is 0 Å². The lowest BCUT2D eigenvalue weighted by molar-refractivity contribution is -0.136. The molecule has 1 spiro atoms. The van der Waals surface area contributed by atoms with E-state index in [2.05, 4.69) is 10.9 Å². The lowest BCUT2D eigenvalue weighted by Gasteiger charge is -2.36. The highest BCUT2D eigenvalue weighted by Gasteiger charge is 2.55. The second-order valence-corrected chi connectivity index (χ2v) is 6.42. The molecule has 0 saturated carbocycles. The van der Waals surface area contributed by atoms with E-state index in [0.29, 0.717) is 12.3 Å². The molecule has 5 nitrogen and oxygen atoms in total. The lowest BCUT2D eigenvalue weighted by Crippen LogP contribution is -2.58. The van der Waals surface area contributed by atoms with Gasteiger partial charge in [0, 0.05) is 5.56 Å². The zero-order valence-electron chi connectivity index (χ0n) is 14.0. The molecule has 5 rings (SSSR count). The molecule has 0 saturated heterocycles. The van der Waals surface area contributed by atoms with Crippen molar-refractivity contribution in [3.63, 3.8) is 0 Å². The highest BCUT2D eigenvalue weighted by Crippen LogP contribution is 2.45. The molecule has 0 radical (unpaired) electrons. The van der Waals surface area contributed by atoms with Crippen molar-refractivity contribution in [1.29, 1.82) is 0 Å². The summed E-state index contributed by atoms with van der Waals surface area (Å²) >= 11 is 0. The third-order valence-electron chi connectivity index (χ3n) is 4.83. The lowest BCUT2D eigenvalue weighted by atomic mass is 10.0. The van der Waals surface area contributed by atoms with Gasteiger partial charge in [0.2, 0.25) is 0 Å². The smallest absolute Gasteiger partial charge is 0.294 e. The summed E-state index contributed by atoms with van der Waals surface area (Å²) < 4.78 is 6.22. The molecule has 0 aliphatic carbocycles. The molecule has 0 aromatic heterocycles. The fraction of sp³-hybridized carbons (Fsp3) is 0.0952. The van der Waals surface area contributed by atoms with Gasteiger partial charge in [-0.2, -0.15) is 5.43 Å². The van der Waals surface area contributed by atoms with E-state index in [9.17, 15) is 4.79 Å². The Kier molecular flexibility index (Phi) is 3.23. The van der Waals surface area contributed by atoms with Gasteiger partial charge in [-0.05, 0) is 23.8 Å². The molecule has 128 valence electrons. The van der Waals surface area contributed by atoms with Crippen LogP contribution in [0.25, 0.3) is 0 Å². The fourth-order valence-corrected chi connectivity index (χ4v) is 3.57. The highest BCUT2D eigenvalue weighted by molar-refractivity contribution is 6.07. The van der Waals surface area contributed by atoms with Crippen molar-refractivity contribution < 1.29 is 9.53 Å². The average molecular weight is 343 g/mol. The number of carbonyl (C=O) groups is 1. The molecule has 2 aliphatic rings. The summed E-state index contributed by atoms with van der Waals surface area (Å²) in [5.74, 6) is 0.514. The Morgan fingerprint density at radius 3 is 2.50 bits per heavy atom. The first-order valence-corrected chi connectivity index (χ1v) is 8.54. The normalized spacial score (nSPS) is 20.3. The molecule has 3 aromatic rings. The number of benzene rings is 3. The molecule has 0 bridgehead atoms. The molecule has 2 N–H and O–H groups in total. The number of anilines is 2. The van der Waals surface area contributed by atoms with Gasteiger partial charge in [0.25, 0.3) is 11.6 Å². The van der Waals surface area contributed by atoms with Crippen LogP contribution in [-0.4, -0.2) is 5.91 Å². The Hall–Kier alpha value is -3.31. The number of amides is 1. The first-order chi connectivity index (χ1) is 12.8. The van der Waals surface area contributed by atoms with Crippen LogP contribution in [0.15, 0.2) is 78.9 Å². The van der Waals surface area contributed by atoms with Crippen LogP contribution < -0.4 is 20.5 Å². The standard InChI is InChI=1S/C21H17N3O2/c25-20-21(23-22-17-11-5-7-13-19(17)26-21)16-10-4-6-12-18(16)24(20)14-15-8-2-1-3-9-15/h1-13,22-23H,14H2/t21-/m1/s1. The predicted molar refractivity (Wildman–Crippen MR) is 99.6 cm³/mol. The van der Waals surface area contributed by atoms with Gasteiger partial charge in [-0.3, -0.25) is 4.79 Å². The molecule has 5 heteroatoms. The highest BCUT2D eigenvalue weighted by atomic mass is 16.5. The minimum Gasteiger partial charge on any atom is -0.455 e. The summed E-state index contributed by atoms with van der Waals surface area (Å²) in [7, 11) is 0. The molecular weight excluding hydrogens is 326 g/mol. The zero-order chi connectivity index (χ0) is 17.6. The summed E-state index contributed by atoms with van der Waals surface area (Å²) in [6.07, 6.45) is 0. The Morgan fingerprint density at radius 2 is 1.62 bits per heavy atom. The second kappa shape index (κ2) is 5.61. The SMILES string of the molecule is O=C1N(Cc2ccccc2)c2ccccc2[C@]12NNc1ccccc1O2. The number of nitrogens with zero attached hydrogens (tertiary/aromatic N) is 1. The van der Waals surface area contributed by atoms with Gasteiger partial charge in [-0.1, -0.05) is 60.7 Å². The van der Waals surface area contributed by atoms with Gasteiger partial charge in [0.1, 0.15) is 5.75 Å². The van der Waals surface area contributed by atoms with Gasteiger partial charge < -0.3 is 15.1 Å². The molecule has 3 aromatic carbocycles. The third-order valence-corrected chi connectivity index (χ3v) is 4.83. The number of nitrogens with one attached hydrogen (secondary N) is 2. The van der Waals surface area contributed by atoms with Crippen molar-refractivity contribution in [2.75, 3.05) is 10.3 Å². The summed E-state index contributed by atoms with van der Waals surface area (Å²) in [5, 5.41) is 0. The Morgan fingerprint density at radius 1 is 0.885 bits per heavy atom. The third kappa shape index (κ3) is 2.11. The van der Waals surface area contributed by atoms with Crippen LogP contribution in [0.1, 0.15) is 11.1 Å². The van der Waals surface area contributed by atoms with Gasteiger partial charge in [0.15, 0.2) is 0 Å². The predicted octanol–water partition coefficient (Wildman–Crippen LogP) is 3.40. The van der Waals surface area contributed by atoms with E-state index in [1.165, 1.54) is 0 Å². The van der Waals surface area contributed by atoms with Crippen molar-refractivity contribution in [3.8, 4) is 5.75 Å². The van der Waals surface area contributed by atoms with Crippen LogP contribution in [0.5, 0.6) is 5.75 Å². The Balaban J connectivity index is 1.59. The number of ether oxygens (including phenoxy) is 1. The number of carbonyl (C=O) groups excluding carboxylic acids is 1. The molecule has 26 heavy (non-hydrogen) atoms. The van der Waals surface area contributed by atoms with Crippen LogP contribution >= 0.6 is 0 Å². The van der Waals surface area contributed by atoms with E-state index in [-0.39, 0.29) is 5.91 Å². The minimum atomic E-state index is -1.26. The van der Waals surface area contributed by atoms with Crippen molar-refractivity contribution in [2.45, 2.75) is 12.3 Å². The van der Waals surface area contributed by atoms with Gasteiger partial charge in [0.05, 0.1) is 17.9 Å². The number of fused-ring (bicyclic) bond motifs is 3. The molecule has 1 atom stereocenters. The summed E-state index contributed by atoms with van der Waals surface area (Å²) in [6, 6.07) is 25.3. The van der Waals surface area contributed by atoms with E-state index in [0.717, 1.165) is 22.5 Å². The maximum absolute atomic E-state index is 13.5. The second-order valence-electron chi connectivity index (χ2n) is 6.42. The largest absolute Gasteiger partial charge is 0.455 e. The molecule has 1 amide bonds.